The summed E-state index contributed by atoms with van der Waals surface area (Å²) in [6.45, 7) is 1.69. The van der Waals surface area contributed by atoms with E-state index in [-0.39, 0.29) is 0 Å². The molecule has 1 amide bonds. The molecule has 82 valence electrons. The zero-order valence-corrected chi connectivity index (χ0v) is 8.71. The fraction of sp³-hybridized carbons (Fsp3) is 0.100. The van der Waals surface area contributed by atoms with Crippen molar-refractivity contribution < 1.29 is 4.79 Å². The van der Waals surface area contributed by atoms with Crippen molar-refractivity contribution in [3.05, 3.63) is 35.8 Å². The van der Waals surface area contributed by atoms with Gasteiger partial charge in [-0.1, -0.05) is 0 Å². The molecule has 2 heterocycles. The molecule has 6 heteroatoms. The molecule has 0 aliphatic rings. The van der Waals surface area contributed by atoms with Crippen molar-refractivity contribution in [3.63, 3.8) is 0 Å². The topological polar surface area (TPSA) is 99.8 Å². The van der Waals surface area contributed by atoms with Crippen LogP contribution in [0, 0.1) is 6.92 Å². The predicted molar refractivity (Wildman–Crippen MR) is 58.9 cm³/mol. The molecule has 0 bridgehead atoms. The highest BCUT2D eigenvalue weighted by atomic mass is 16.1. The number of carbonyl (C=O) groups excluding carboxylic acids is 1. The molecule has 0 saturated carbocycles. The van der Waals surface area contributed by atoms with Crippen LogP contribution in [0.1, 0.15) is 16.1 Å². The summed E-state index contributed by atoms with van der Waals surface area (Å²) in [7, 11) is 0. The number of primary amides is 1. The highest BCUT2D eigenvalue weighted by Crippen LogP contribution is 2.22. The van der Waals surface area contributed by atoms with Crippen LogP contribution in [0.25, 0.3) is 11.3 Å². The van der Waals surface area contributed by atoms with E-state index in [0.29, 0.717) is 22.5 Å². The molecule has 0 unspecified atom stereocenters. The fourth-order valence-electron chi connectivity index (χ4n) is 1.52. The first kappa shape index (κ1) is 10.2. The first-order chi connectivity index (χ1) is 7.61. The van der Waals surface area contributed by atoms with Crippen LogP contribution in [0.5, 0.6) is 0 Å². The van der Waals surface area contributed by atoms with Crippen LogP contribution in [-0.4, -0.2) is 20.8 Å². The minimum Gasteiger partial charge on any atom is -0.365 e. The highest BCUT2D eigenvalue weighted by molar-refractivity contribution is 5.99. The summed E-state index contributed by atoms with van der Waals surface area (Å²) >= 11 is 0. The minimum atomic E-state index is -0.548. The van der Waals surface area contributed by atoms with Gasteiger partial charge in [-0.3, -0.25) is 9.78 Å². The van der Waals surface area contributed by atoms with Crippen LogP contribution in [0.4, 0.5) is 0 Å². The average Bonchev–Trinajstić information content (AvgIpc) is 2.57. The monoisotopic (exact) mass is 217 g/mol. The molecule has 0 fully saturated rings. The Morgan fingerprint density at radius 2 is 2.25 bits per heavy atom. The standard InChI is InChI=1S/C10H11N5O/c1-6-8(10(11)16)9(14-15(6)12)7-3-2-4-13-5-7/h2-5H,12H2,1H3,(H2,11,16). The van der Waals surface area contributed by atoms with Crippen LogP contribution < -0.4 is 11.6 Å². The molecule has 0 aliphatic carbocycles. The molecule has 2 aromatic rings. The van der Waals surface area contributed by atoms with Gasteiger partial charge < -0.3 is 11.6 Å². The summed E-state index contributed by atoms with van der Waals surface area (Å²) in [6, 6.07) is 3.55. The van der Waals surface area contributed by atoms with Crippen molar-refractivity contribution in [3.8, 4) is 11.3 Å². The van der Waals surface area contributed by atoms with Gasteiger partial charge in [0.15, 0.2) is 0 Å². The lowest BCUT2D eigenvalue weighted by atomic mass is 10.1. The van der Waals surface area contributed by atoms with Crippen molar-refractivity contribution in [2.24, 2.45) is 5.73 Å². The van der Waals surface area contributed by atoms with Crippen LogP contribution in [0.15, 0.2) is 24.5 Å². The summed E-state index contributed by atoms with van der Waals surface area (Å²) in [5, 5.41) is 4.06. The second-order valence-corrected chi connectivity index (χ2v) is 3.36. The van der Waals surface area contributed by atoms with Gasteiger partial charge in [-0.15, -0.1) is 0 Å². The summed E-state index contributed by atoms with van der Waals surface area (Å²) in [4.78, 5) is 16.4. The summed E-state index contributed by atoms with van der Waals surface area (Å²) in [6.07, 6.45) is 3.24. The largest absolute Gasteiger partial charge is 0.365 e. The van der Waals surface area contributed by atoms with E-state index in [4.69, 9.17) is 11.6 Å². The number of aromatic nitrogens is 3. The molecule has 4 N–H and O–H groups in total. The maximum Gasteiger partial charge on any atom is 0.252 e. The van der Waals surface area contributed by atoms with E-state index < -0.39 is 5.91 Å². The lowest BCUT2D eigenvalue weighted by molar-refractivity contribution is 0.100. The quantitative estimate of drug-likeness (QED) is 0.695. The Hall–Kier alpha value is -2.37. The Bertz CT molecular complexity index is 532. The van der Waals surface area contributed by atoms with Gasteiger partial charge in [0.1, 0.15) is 5.69 Å². The van der Waals surface area contributed by atoms with E-state index in [1.165, 1.54) is 0 Å². The van der Waals surface area contributed by atoms with Crippen LogP contribution in [0.3, 0.4) is 0 Å². The van der Waals surface area contributed by atoms with Gasteiger partial charge in [-0.05, 0) is 19.1 Å². The number of nitrogens with zero attached hydrogens (tertiary/aromatic N) is 3. The molecule has 16 heavy (non-hydrogen) atoms. The minimum absolute atomic E-state index is 0.329. The lowest BCUT2D eigenvalue weighted by Gasteiger charge is -1.98. The number of hydrogen-bond donors (Lipinski definition) is 2. The van der Waals surface area contributed by atoms with Gasteiger partial charge >= 0.3 is 0 Å². The number of pyridine rings is 1. The highest BCUT2D eigenvalue weighted by Gasteiger charge is 2.19. The molecule has 0 atom stereocenters. The van der Waals surface area contributed by atoms with Gasteiger partial charge in [-0.25, -0.2) is 0 Å². The normalized spacial score (nSPS) is 10.3. The van der Waals surface area contributed by atoms with Crippen molar-refractivity contribution in [1.82, 2.24) is 14.9 Å². The fourth-order valence-corrected chi connectivity index (χ4v) is 1.52. The van der Waals surface area contributed by atoms with Gasteiger partial charge in [0.25, 0.3) is 5.91 Å². The van der Waals surface area contributed by atoms with E-state index in [1.54, 1.807) is 31.5 Å². The zero-order chi connectivity index (χ0) is 11.7. The smallest absolute Gasteiger partial charge is 0.252 e. The Morgan fingerprint density at radius 1 is 1.50 bits per heavy atom. The number of nitrogens with two attached hydrogens (primary N) is 2. The third-order valence-electron chi connectivity index (χ3n) is 2.33. The molecule has 0 aliphatic heterocycles. The number of amides is 1. The first-order valence-corrected chi connectivity index (χ1v) is 4.66. The van der Waals surface area contributed by atoms with Crippen molar-refractivity contribution in [1.29, 1.82) is 0 Å². The molecular formula is C10H11N5O. The summed E-state index contributed by atoms with van der Waals surface area (Å²) in [5.74, 6) is 5.05. The van der Waals surface area contributed by atoms with Crippen molar-refractivity contribution in [2.45, 2.75) is 6.92 Å². The molecule has 0 aromatic carbocycles. The third kappa shape index (κ3) is 1.50. The lowest BCUT2D eigenvalue weighted by Crippen LogP contribution is -2.16. The van der Waals surface area contributed by atoms with Crippen molar-refractivity contribution in [2.75, 3.05) is 5.84 Å². The number of nitrogen functional groups attached to an aromatic ring is 1. The van der Waals surface area contributed by atoms with Crippen LogP contribution >= 0.6 is 0 Å². The first-order valence-electron chi connectivity index (χ1n) is 4.66. The molecule has 0 spiro atoms. The maximum absolute atomic E-state index is 11.3. The van der Waals surface area contributed by atoms with Gasteiger partial charge in [0, 0.05) is 18.0 Å². The molecule has 0 radical (unpaired) electrons. The van der Waals surface area contributed by atoms with E-state index in [9.17, 15) is 4.79 Å². The predicted octanol–water partition coefficient (Wildman–Crippen LogP) is 0.0662. The second kappa shape index (κ2) is 3.65. The number of hydrogen-bond acceptors (Lipinski definition) is 4. The van der Waals surface area contributed by atoms with E-state index in [0.717, 1.165) is 4.79 Å². The van der Waals surface area contributed by atoms with E-state index in [1.807, 2.05) is 0 Å². The summed E-state index contributed by atoms with van der Waals surface area (Å²) in [5.41, 5.74) is 7.33. The second-order valence-electron chi connectivity index (χ2n) is 3.36. The molecule has 2 aromatic heterocycles. The van der Waals surface area contributed by atoms with Crippen LogP contribution in [0.2, 0.25) is 0 Å². The maximum atomic E-state index is 11.3. The van der Waals surface area contributed by atoms with Gasteiger partial charge in [0.2, 0.25) is 0 Å². The Kier molecular flexibility index (Phi) is 2.32. The van der Waals surface area contributed by atoms with E-state index >= 15 is 0 Å². The Morgan fingerprint density at radius 3 is 2.81 bits per heavy atom. The van der Waals surface area contributed by atoms with E-state index in [2.05, 4.69) is 10.1 Å². The number of carbonyl (C=O) groups is 1. The third-order valence-corrected chi connectivity index (χ3v) is 2.33. The Balaban J connectivity index is 2.66. The zero-order valence-electron chi connectivity index (χ0n) is 8.71. The molecule has 2 rings (SSSR count). The average molecular weight is 217 g/mol. The van der Waals surface area contributed by atoms with Crippen LogP contribution in [-0.2, 0) is 0 Å². The van der Waals surface area contributed by atoms with Gasteiger partial charge in [-0.2, -0.15) is 9.89 Å². The summed E-state index contributed by atoms with van der Waals surface area (Å²) < 4.78 is 0. The van der Waals surface area contributed by atoms with Gasteiger partial charge in [0.05, 0.1) is 11.3 Å². The SMILES string of the molecule is Cc1c(C(N)=O)c(-c2cccnc2)nn1N. The Labute approximate surface area is 91.9 Å². The molecular weight excluding hydrogens is 206 g/mol. The molecule has 0 saturated heterocycles. The molecule has 6 nitrogen and oxygen atoms in total. The number of rotatable bonds is 2. The van der Waals surface area contributed by atoms with Crippen molar-refractivity contribution >= 4 is 5.91 Å².